The number of amides is 2. The largest absolute Gasteiger partial charge is 0.478 e. The van der Waals surface area contributed by atoms with Gasteiger partial charge in [-0.1, -0.05) is 35.3 Å². The fraction of sp³-hybridized carbons (Fsp3) is 0.148. The minimum atomic E-state index is -4.93. The zero-order valence-corrected chi connectivity index (χ0v) is 23.3. The van der Waals surface area contributed by atoms with Gasteiger partial charge in [-0.05, 0) is 54.6 Å². The number of aliphatic carboxylic acids is 1. The normalized spacial score (nSPS) is 12.8. The molecule has 238 valence electrons. The summed E-state index contributed by atoms with van der Waals surface area (Å²) < 4.78 is 88.3. The molecule has 0 aromatic heterocycles. The second-order valence-electron chi connectivity index (χ2n) is 8.71. The molecule has 0 aliphatic heterocycles. The third-order valence-corrected chi connectivity index (χ3v) is 6.12. The molecule has 0 radical (unpaired) electrons. The monoisotopic (exact) mass is 680 g/mol. The number of hydrazine groups is 1. The van der Waals surface area contributed by atoms with E-state index in [1.807, 2.05) is 5.43 Å². The molecule has 0 heterocycles. The molecule has 0 spiro atoms. The SMILES string of the molecule is O=C(O[C@H](C(=O)O)[C@H](OC(=O)c1cccc(C(F)(F)F)c1)C(=O)NNC(=O)c1ccc(Cl)cc1Cl)c1cccc(C(F)(F)F)c1. The molecule has 2 atom stereocenters. The molecule has 45 heavy (non-hydrogen) atoms. The Morgan fingerprint density at radius 1 is 0.689 bits per heavy atom. The van der Waals surface area contributed by atoms with Crippen LogP contribution >= 0.6 is 23.2 Å². The lowest BCUT2D eigenvalue weighted by Gasteiger charge is -2.24. The number of carbonyl (C=O) groups is 5. The van der Waals surface area contributed by atoms with Crippen molar-refractivity contribution >= 4 is 52.9 Å². The summed E-state index contributed by atoms with van der Waals surface area (Å²) in [6.07, 6.45) is -15.4. The summed E-state index contributed by atoms with van der Waals surface area (Å²) in [7, 11) is 0. The number of nitrogens with one attached hydrogen (secondary N) is 2. The first-order valence-electron chi connectivity index (χ1n) is 11.9. The van der Waals surface area contributed by atoms with Crippen LogP contribution < -0.4 is 10.9 Å². The molecule has 18 heteroatoms. The number of ether oxygens (including phenoxy) is 2. The Labute approximate surface area is 257 Å². The summed E-state index contributed by atoms with van der Waals surface area (Å²) in [6, 6.07) is 8.57. The maximum Gasteiger partial charge on any atom is 0.416 e. The van der Waals surface area contributed by atoms with E-state index < -0.39 is 76.5 Å². The predicted octanol–water partition coefficient (Wildman–Crippen LogP) is 5.33. The van der Waals surface area contributed by atoms with Crippen molar-refractivity contribution in [1.82, 2.24) is 10.9 Å². The van der Waals surface area contributed by atoms with E-state index in [1.54, 1.807) is 5.43 Å². The number of carbonyl (C=O) groups excluding carboxylic acids is 4. The highest BCUT2D eigenvalue weighted by molar-refractivity contribution is 6.36. The molecule has 0 saturated carbocycles. The number of esters is 2. The molecule has 0 aliphatic carbocycles. The molecule has 3 aromatic rings. The van der Waals surface area contributed by atoms with Crippen molar-refractivity contribution in [3.05, 3.63) is 105 Å². The number of hydrogen-bond acceptors (Lipinski definition) is 7. The van der Waals surface area contributed by atoms with E-state index in [0.717, 1.165) is 36.4 Å². The van der Waals surface area contributed by atoms with Crippen LogP contribution in [0.5, 0.6) is 0 Å². The summed E-state index contributed by atoms with van der Waals surface area (Å²) in [6.45, 7) is 0. The van der Waals surface area contributed by atoms with Gasteiger partial charge in [0.1, 0.15) is 0 Å². The van der Waals surface area contributed by atoms with Gasteiger partial charge in [0.25, 0.3) is 11.8 Å². The average molecular weight is 681 g/mol. The van der Waals surface area contributed by atoms with Crippen LogP contribution in [0.3, 0.4) is 0 Å². The molecular formula is C27H16Cl2F6N2O8. The minimum Gasteiger partial charge on any atom is -0.478 e. The van der Waals surface area contributed by atoms with Crippen LogP contribution in [0.25, 0.3) is 0 Å². The van der Waals surface area contributed by atoms with E-state index in [1.165, 1.54) is 6.07 Å². The van der Waals surface area contributed by atoms with Gasteiger partial charge in [-0.2, -0.15) is 26.3 Å². The van der Waals surface area contributed by atoms with Crippen LogP contribution in [0, 0.1) is 0 Å². The summed E-state index contributed by atoms with van der Waals surface area (Å²) in [5.41, 5.74) is -1.04. The van der Waals surface area contributed by atoms with Crippen LogP contribution in [0.4, 0.5) is 26.3 Å². The fourth-order valence-electron chi connectivity index (χ4n) is 3.44. The van der Waals surface area contributed by atoms with Crippen LogP contribution in [0.1, 0.15) is 42.2 Å². The van der Waals surface area contributed by atoms with Gasteiger partial charge in [0.05, 0.1) is 32.8 Å². The quantitative estimate of drug-likeness (QED) is 0.164. The number of benzene rings is 3. The van der Waals surface area contributed by atoms with Gasteiger partial charge in [0, 0.05) is 5.02 Å². The lowest BCUT2D eigenvalue weighted by molar-refractivity contribution is -0.159. The number of carboxylic acids is 1. The first kappa shape index (κ1) is 34.7. The summed E-state index contributed by atoms with van der Waals surface area (Å²) in [5, 5.41) is 9.67. The summed E-state index contributed by atoms with van der Waals surface area (Å²) >= 11 is 11.7. The van der Waals surface area contributed by atoms with Gasteiger partial charge >= 0.3 is 30.3 Å². The smallest absolute Gasteiger partial charge is 0.416 e. The van der Waals surface area contributed by atoms with Gasteiger partial charge in [-0.25, -0.2) is 14.4 Å². The average Bonchev–Trinajstić information content (AvgIpc) is 2.96. The maximum atomic E-state index is 13.2. The van der Waals surface area contributed by atoms with Gasteiger partial charge in [0.15, 0.2) is 0 Å². The Kier molecular flexibility index (Phi) is 10.7. The molecule has 10 nitrogen and oxygen atoms in total. The van der Waals surface area contributed by atoms with Crippen LogP contribution in [-0.4, -0.2) is 47.0 Å². The van der Waals surface area contributed by atoms with Crippen LogP contribution in [-0.2, 0) is 31.4 Å². The molecular weight excluding hydrogens is 665 g/mol. The highest BCUT2D eigenvalue weighted by atomic mass is 35.5. The number of rotatable bonds is 8. The molecule has 3 N–H and O–H groups in total. The van der Waals surface area contributed by atoms with Crippen molar-refractivity contribution in [2.24, 2.45) is 0 Å². The van der Waals surface area contributed by atoms with Crippen molar-refractivity contribution in [1.29, 1.82) is 0 Å². The Hall–Kier alpha value is -4.83. The molecule has 3 aromatic carbocycles. The van der Waals surface area contributed by atoms with Crippen LogP contribution in [0.15, 0.2) is 66.7 Å². The molecule has 0 saturated heterocycles. The number of halogens is 8. The van der Waals surface area contributed by atoms with Crippen molar-refractivity contribution in [3.8, 4) is 0 Å². The lowest BCUT2D eigenvalue weighted by atomic mass is 10.1. The summed E-state index contributed by atoms with van der Waals surface area (Å²) in [5.74, 6) is -8.42. The highest BCUT2D eigenvalue weighted by Crippen LogP contribution is 2.31. The van der Waals surface area contributed by atoms with Gasteiger partial charge in [-0.3, -0.25) is 20.4 Å². The van der Waals surface area contributed by atoms with Gasteiger partial charge in [-0.15, -0.1) is 0 Å². The third kappa shape index (κ3) is 9.09. The Morgan fingerprint density at radius 2 is 1.18 bits per heavy atom. The second kappa shape index (κ2) is 13.9. The molecule has 3 rings (SSSR count). The highest BCUT2D eigenvalue weighted by Gasteiger charge is 2.42. The van der Waals surface area contributed by atoms with Gasteiger partial charge in [0.2, 0.25) is 12.2 Å². The van der Waals surface area contributed by atoms with E-state index in [-0.39, 0.29) is 15.6 Å². The fourth-order valence-corrected chi connectivity index (χ4v) is 3.93. The van der Waals surface area contributed by atoms with E-state index in [2.05, 4.69) is 0 Å². The first-order chi connectivity index (χ1) is 20.9. The van der Waals surface area contributed by atoms with E-state index in [4.69, 9.17) is 32.7 Å². The van der Waals surface area contributed by atoms with E-state index >= 15 is 0 Å². The minimum absolute atomic E-state index is 0.133. The number of alkyl halides is 6. The molecule has 0 fully saturated rings. The van der Waals surface area contributed by atoms with Gasteiger partial charge < -0.3 is 14.6 Å². The Bertz CT molecular complexity index is 1650. The predicted molar refractivity (Wildman–Crippen MR) is 141 cm³/mol. The van der Waals surface area contributed by atoms with E-state index in [0.29, 0.717) is 24.3 Å². The Balaban J connectivity index is 1.94. The zero-order valence-electron chi connectivity index (χ0n) is 21.8. The van der Waals surface area contributed by atoms with Crippen molar-refractivity contribution in [3.63, 3.8) is 0 Å². The maximum absolute atomic E-state index is 13.2. The first-order valence-corrected chi connectivity index (χ1v) is 12.7. The van der Waals surface area contributed by atoms with Crippen LogP contribution in [0.2, 0.25) is 10.0 Å². The number of hydrogen-bond donors (Lipinski definition) is 3. The van der Waals surface area contributed by atoms with Crippen molar-refractivity contribution in [2.75, 3.05) is 0 Å². The number of carboxylic acid groups (broad SMARTS) is 1. The molecule has 2 amide bonds. The summed E-state index contributed by atoms with van der Waals surface area (Å²) in [4.78, 5) is 63.0. The molecule has 0 bridgehead atoms. The zero-order chi connectivity index (χ0) is 33.7. The second-order valence-corrected chi connectivity index (χ2v) is 9.56. The van der Waals surface area contributed by atoms with Crippen molar-refractivity contribution in [2.45, 2.75) is 24.6 Å². The standard InChI is InChI=1S/C27H16Cl2F6N2O8/c28-16-7-8-17(18(29)11-16)21(38)36-37-22(39)19(44-24(42)12-3-1-5-14(9-12)26(30,31)32)20(23(40)41)45-25(43)13-4-2-6-15(10-13)27(33,34)35/h1-11,19-20H,(H,36,38)(H,37,39)(H,40,41)/t19-,20-/m0/s1. The molecule has 0 aliphatic rings. The lowest BCUT2D eigenvalue weighted by Crippen LogP contribution is -2.54. The third-order valence-electron chi connectivity index (χ3n) is 5.57. The Morgan fingerprint density at radius 3 is 1.62 bits per heavy atom. The van der Waals surface area contributed by atoms with E-state index in [9.17, 15) is 55.4 Å². The topological polar surface area (TPSA) is 148 Å². The van der Waals surface area contributed by atoms with Crippen molar-refractivity contribution < 1.29 is 64.9 Å². The molecule has 0 unspecified atom stereocenters.